The van der Waals surface area contributed by atoms with Crippen molar-refractivity contribution < 1.29 is 28.6 Å². The first kappa shape index (κ1) is 79.4. The number of hydrogen-bond acceptors (Lipinski definition) is 6. The van der Waals surface area contributed by atoms with Gasteiger partial charge in [0.25, 0.3) is 0 Å². The second kappa shape index (κ2) is 70.9. The lowest BCUT2D eigenvalue weighted by Gasteiger charge is -2.18. The summed E-state index contributed by atoms with van der Waals surface area (Å²) in [5.41, 5.74) is 0. The van der Waals surface area contributed by atoms with Gasteiger partial charge in [0.2, 0.25) is 0 Å². The molecule has 0 aliphatic carbocycles. The monoisotopic (exact) mass is 1150 g/mol. The van der Waals surface area contributed by atoms with Crippen molar-refractivity contribution in [2.45, 2.75) is 406 Å². The summed E-state index contributed by atoms with van der Waals surface area (Å²) < 4.78 is 16.9. The Hall–Kier alpha value is -2.63. The summed E-state index contributed by atoms with van der Waals surface area (Å²) in [6, 6.07) is 0. The third-order valence-corrected chi connectivity index (χ3v) is 16.6. The zero-order chi connectivity index (χ0) is 59.2. The van der Waals surface area contributed by atoms with Crippen molar-refractivity contribution in [3.05, 3.63) is 48.6 Å². The van der Waals surface area contributed by atoms with Gasteiger partial charge in [0.1, 0.15) is 13.2 Å². The lowest BCUT2D eigenvalue weighted by Crippen LogP contribution is -2.30. The van der Waals surface area contributed by atoms with E-state index < -0.39 is 6.10 Å². The van der Waals surface area contributed by atoms with E-state index in [0.29, 0.717) is 19.3 Å². The van der Waals surface area contributed by atoms with Crippen molar-refractivity contribution in [3.63, 3.8) is 0 Å². The van der Waals surface area contributed by atoms with Crippen molar-refractivity contribution in [1.29, 1.82) is 0 Å². The van der Waals surface area contributed by atoms with Crippen molar-refractivity contribution in [1.82, 2.24) is 0 Å². The predicted molar refractivity (Wildman–Crippen MR) is 358 cm³/mol. The molecular formula is C76H140O6. The van der Waals surface area contributed by atoms with Gasteiger partial charge in [0.15, 0.2) is 6.10 Å². The van der Waals surface area contributed by atoms with E-state index in [0.717, 1.165) is 83.5 Å². The molecule has 0 rings (SSSR count). The number of ether oxygens (including phenoxy) is 3. The first-order chi connectivity index (χ1) is 40.5. The molecule has 0 radical (unpaired) electrons. The van der Waals surface area contributed by atoms with Gasteiger partial charge in [-0.05, 0) is 57.8 Å². The van der Waals surface area contributed by atoms with Gasteiger partial charge in [-0.1, -0.05) is 371 Å². The highest BCUT2D eigenvalue weighted by atomic mass is 16.6. The first-order valence-electron chi connectivity index (χ1n) is 36.6. The molecule has 0 saturated heterocycles. The van der Waals surface area contributed by atoms with Crippen molar-refractivity contribution in [2.75, 3.05) is 13.2 Å². The second-order valence-electron chi connectivity index (χ2n) is 24.8. The number of unbranched alkanes of at least 4 members (excludes halogenated alkanes) is 49. The van der Waals surface area contributed by atoms with E-state index in [1.807, 2.05) is 0 Å². The van der Waals surface area contributed by atoms with Gasteiger partial charge < -0.3 is 14.2 Å². The van der Waals surface area contributed by atoms with Gasteiger partial charge in [-0.2, -0.15) is 0 Å². The minimum atomic E-state index is -0.773. The molecular weight excluding hydrogens is 1010 g/mol. The molecule has 0 aromatic carbocycles. The van der Waals surface area contributed by atoms with Crippen LogP contribution in [0, 0.1) is 0 Å². The molecule has 0 bridgehead atoms. The summed E-state index contributed by atoms with van der Waals surface area (Å²) >= 11 is 0. The highest BCUT2D eigenvalue weighted by Gasteiger charge is 2.19. The summed E-state index contributed by atoms with van der Waals surface area (Å²) in [6.45, 7) is 6.57. The standard InChI is InChI=1S/C76H140O6/c1-4-7-10-13-16-19-21-23-25-27-29-31-33-34-35-36-37-38-39-40-41-43-44-46-48-50-52-54-57-60-63-66-69-75(78)81-72-73(71-80-74(77)68-65-62-59-56-18-15-12-9-6-3)82-76(79)70-67-64-61-58-55-53-51-49-47-45-42-32-30-28-26-24-22-20-17-14-11-8-5-2/h8,11,17,20,24,26,30,32,73H,4-7,9-10,12-16,18-19,21-23,25,27-29,31,33-72H2,1-3H3/b11-8-,20-17-,26-24-,32-30-. The Balaban J connectivity index is 4.05. The molecule has 0 heterocycles. The fraction of sp³-hybridized carbons (Fsp3) is 0.855. The fourth-order valence-corrected chi connectivity index (χ4v) is 11.1. The number of esters is 3. The molecule has 480 valence electrons. The van der Waals surface area contributed by atoms with Crippen LogP contribution < -0.4 is 0 Å². The third kappa shape index (κ3) is 68.2. The Morgan fingerprint density at radius 1 is 0.256 bits per heavy atom. The Kier molecular flexibility index (Phi) is 68.6. The minimum absolute atomic E-state index is 0.0695. The molecule has 0 N–H and O–H groups in total. The Bertz CT molecular complexity index is 1410. The Morgan fingerprint density at radius 2 is 0.476 bits per heavy atom. The zero-order valence-corrected chi connectivity index (χ0v) is 55.3. The fourth-order valence-electron chi connectivity index (χ4n) is 11.1. The molecule has 6 nitrogen and oxygen atoms in total. The molecule has 0 amide bonds. The lowest BCUT2D eigenvalue weighted by atomic mass is 10.0. The number of allylic oxidation sites excluding steroid dienone is 8. The van der Waals surface area contributed by atoms with Crippen LogP contribution >= 0.6 is 0 Å². The maximum atomic E-state index is 12.9. The van der Waals surface area contributed by atoms with E-state index in [1.54, 1.807) is 0 Å². The van der Waals surface area contributed by atoms with Gasteiger partial charge in [0, 0.05) is 19.3 Å². The van der Waals surface area contributed by atoms with E-state index >= 15 is 0 Å². The van der Waals surface area contributed by atoms with Crippen LogP contribution in [-0.2, 0) is 28.6 Å². The second-order valence-corrected chi connectivity index (χ2v) is 24.8. The number of carbonyl (C=O) groups is 3. The predicted octanol–water partition coefficient (Wildman–Crippen LogP) is 25.3. The SMILES string of the molecule is CC/C=C\C/C=C\C/C=C\C/C=C\CCCCCCCCCCCCC(=O)OC(COC(=O)CCCCCCCCCCC)COC(=O)CCCCCCCCCCCCCCCCCCCCCCCCCCCCCCCCCC. The molecule has 0 aliphatic heterocycles. The van der Waals surface area contributed by atoms with Crippen LogP contribution in [0.2, 0.25) is 0 Å². The molecule has 1 atom stereocenters. The van der Waals surface area contributed by atoms with Crippen molar-refractivity contribution in [3.8, 4) is 0 Å². The summed E-state index contributed by atoms with van der Waals surface area (Å²) in [6.07, 6.45) is 90.4. The van der Waals surface area contributed by atoms with Crippen LogP contribution in [0.4, 0.5) is 0 Å². The molecule has 0 aromatic heterocycles. The van der Waals surface area contributed by atoms with Crippen LogP contribution in [0.15, 0.2) is 48.6 Å². The van der Waals surface area contributed by atoms with E-state index in [2.05, 4.69) is 69.4 Å². The van der Waals surface area contributed by atoms with Crippen molar-refractivity contribution in [2.24, 2.45) is 0 Å². The van der Waals surface area contributed by atoms with E-state index in [-0.39, 0.29) is 31.1 Å². The number of carbonyl (C=O) groups excluding carboxylic acids is 3. The highest BCUT2D eigenvalue weighted by molar-refractivity contribution is 5.71. The molecule has 0 aromatic rings. The van der Waals surface area contributed by atoms with Crippen LogP contribution in [0.5, 0.6) is 0 Å². The Labute approximate surface area is 511 Å². The van der Waals surface area contributed by atoms with E-state index in [9.17, 15) is 14.4 Å². The largest absolute Gasteiger partial charge is 0.462 e. The number of rotatable bonds is 68. The van der Waals surface area contributed by atoms with Gasteiger partial charge in [-0.3, -0.25) is 14.4 Å². The summed E-state index contributed by atoms with van der Waals surface area (Å²) in [4.78, 5) is 38.3. The average Bonchev–Trinajstić information content (AvgIpc) is 3.48. The smallest absolute Gasteiger partial charge is 0.306 e. The van der Waals surface area contributed by atoms with Gasteiger partial charge in [-0.25, -0.2) is 0 Å². The van der Waals surface area contributed by atoms with E-state index in [4.69, 9.17) is 14.2 Å². The Morgan fingerprint density at radius 3 is 0.744 bits per heavy atom. The average molecular weight is 1150 g/mol. The summed E-state index contributed by atoms with van der Waals surface area (Å²) in [7, 11) is 0. The van der Waals surface area contributed by atoms with Crippen LogP contribution in [-0.4, -0.2) is 37.2 Å². The van der Waals surface area contributed by atoms with Gasteiger partial charge >= 0.3 is 17.9 Å². The third-order valence-electron chi connectivity index (χ3n) is 16.6. The maximum absolute atomic E-state index is 12.9. The topological polar surface area (TPSA) is 78.9 Å². The molecule has 0 spiro atoms. The van der Waals surface area contributed by atoms with Crippen LogP contribution in [0.25, 0.3) is 0 Å². The van der Waals surface area contributed by atoms with E-state index in [1.165, 1.54) is 276 Å². The zero-order valence-electron chi connectivity index (χ0n) is 55.3. The molecule has 0 fully saturated rings. The molecule has 0 aliphatic rings. The summed E-state index contributed by atoms with van der Waals surface area (Å²) in [5, 5.41) is 0. The molecule has 1 unspecified atom stereocenters. The molecule has 82 heavy (non-hydrogen) atoms. The van der Waals surface area contributed by atoms with Gasteiger partial charge in [0.05, 0.1) is 0 Å². The quantitative estimate of drug-likeness (QED) is 0.0261. The van der Waals surface area contributed by atoms with Crippen molar-refractivity contribution >= 4 is 17.9 Å². The first-order valence-corrected chi connectivity index (χ1v) is 36.6. The van der Waals surface area contributed by atoms with Crippen LogP contribution in [0.1, 0.15) is 400 Å². The summed E-state index contributed by atoms with van der Waals surface area (Å²) in [5.74, 6) is -0.851. The lowest BCUT2D eigenvalue weighted by molar-refractivity contribution is -0.167. The highest BCUT2D eigenvalue weighted by Crippen LogP contribution is 2.19. The molecule has 0 saturated carbocycles. The molecule has 6 heteroatoms. The number of hydrogen-bond donors (Lipinski definition) is 0. The minimum Gasteiger partial charge on any atom is -0.462 e. The van der Waals surface area contributed by atoms with Crippen LogP contribution in [0.3, 0.4) is 0 Å². The maximum Gasteiger partial charge on any atom is 0.306 e. The van der Waals surface area contributed by atoms with Gasteiger partial charge in [-0.15, -0.1) is 0 Å². The normalized spacial score (nSPS) is 12.3.